The van der Waals surface area contributed by atoms with E-state index in [1.165, 1.54) is 24.8 Å². The smallest absolute Gasteiger partial charge is 0.341 e. The molecule has 0 aliphatic heterocycles. The molecule has 5 heteroatoms. The number of aliphatic hydroxyl groups excluding tert-OH is 1. The van der Waals surface area contributed by atoms with Crippen LogP contribution in [0.3, 0.4) is 0 Å². The molecule has 0 aromatic heterocycles. The molecule has 3 rings (SSSR count). The molecule has 1 aromatic rings. The highest BCUT2D eigenvalue weighted by Crippen LogP contribution is 2.48. The lowest BCUT2D eigenvalue weighted by Crippen LogP contribution is -2.28. The van der Waals surface area contributed by atoms with Crippen LogP contribution in [0.25, 0.3) is 0 Å². The summed E-state index contributed by atoms with van der Waals surface area (Å²) in [6.45, 7) is 1.90. The second kappa shape index (κ2) is 10.4. The van der Waals surface area contributed by atoms with Crippen molar-refractivity contribution < 1.29 is 24.5 Å². The number of rotatable bonds is 11. The topological polar surface area (TPSA) is 76.0 Å². The van der Waals surface area contributed by atoms with Crippen molar-refractivity contribution in [1.29, 1.82) is 0 Å². The summed E-state index contributed by atoms with van der Waals surface area (Å²) in [7, 11) is 1.81. The molecule has 1 aromatic carbocycles. The Bertz CT molecular complexity index is 673. The van der Waals surface area contributed by atoms with E-state index >= 15 is 0 Å². The van der Waals surface area contributed by atoms with Gasteiger partial charge in [-0.05, 0) is 73.5 Å². The van der Waals surface area contributed by atoms with Gasteiger partial charge in [-0.1, -0.05) is 38.3 Å². The number of hydrogen-bond donors (Lipinski definition) is 2. The van der Waals surface area contributed by atoms with E-state index < -0.39 is 5.97 Å². The van der Waals surface area contributed by atoms with E-state index in [4.69, 9.17) is 14.6 Å². The summed E-state index contributed by atoms with van der Waals surface area (Å²) in [4.78, 5) is 10.9. The van der Waals surface area contributed by atoms with Crippen LogP contribution in [0.2, 0.25) is 0 Å². The van der Waals surface area contributed by atoms with Crippen molar-refractivity contribution in [3.8, 4) is 5.75 Å². The van der Waals surface area contributed by atoms with Gasteiger partial charge in [-0.15, -0.1) is 0 Å². The molecular formula is C24H36O5. The molecule has 0 spiro atoms. The summed E-state index contributed by atoms with van der Waals surface area (Å²) in [5.74, 6) is 0.982. The first-order valence-electron chi connectivity index (χ1n) is 11.2. The molecule has 0 bridgehead atoms. The van der Waals surface area contributed by atoms with Crippen LogP contribution in [-0.2, 0) is 22.4 Å². The summed E-state index contributed by atoms with van der Waals surface area (Å²) in [6, 6.07) is 5.94. The summed E-state index contributed by atoms with van der Waals surface area (Å²) >= 11 is 0. The van der Waals surface area contributed by atoms with Crippen molar-refractivity contribution in [3.05, 3.63) is 29.3 Å². The molecule has 1 fully saturated rings. The number of carbonyl (C=O) groups is 1. The van der Waals surface area contributed by atoms with Crippen LogP contribution < -0.4 is 4.74 Å². The number of benzene rings is 1. The summed E-state index contributed by atoms with van der Waals surface area (Å²) in [5.41, 5.74) is 2.39. The molecule has 2 N–H and O–H groups in total. The predicted molar refractivity (Wildman–Crippen MR) is 112 cm³/mol. The highest BCUT2D eigenvalue weighted by atomic mass is 16.5. The first-order chi connectivity index (χ1) is 14.0. The molecule has 5 nitrogen and oxygen atoms in total. The zero-order valence-corrected chi connectivity index (χ0v) is 17.8. The van der Waals surface area contributed by atoms with Crippen molar-refractivity contribution >= 4 is 5.97 Å². The van der Waals surface area contributed by atoms with Gasteiger partial charge in [0, 0.05) is 7.11 Å². The number of fused-ring (bicyclic) bond motifs is 2. The molecule has 2 aliphatic carbocycles. The molecule has 0 radical (unpaired) electrons. The highest BCUT2D eigenvalue weighted by molar-refractivity contribution is 5.68. The third-order valence-corrected chi connectivity index (χ3v) is 6.98. The quantitative estimate of drug-likeness (QED) is 0.540. The predicted octanol–water partition coefficient (Wildman–Crippen LogP) is 4.24. The fraction of sp³-hybridized carbons (Fsp3) is 0.708. The Balaban J connectivity index is 1.64. The van der Waals surface area contributed by atoms with Gasteiger partial charge in [0.1, 0.15) is 5.75 Å². The number of aliphatic hydroxyl groups is 1. The normalized spacial score (nSPS) is 26.6. The Labute approximate surface area is 174 Å². The summed E-state index contributed by atoms with van der Waals surface area (Å²) < 4.78 is 11.2. The van der Waals surface area contributed by atoms with Gasteiger partial charge in [-0.2, -0.15) is 0 Å². The van der Waals surface area contributed by atoms with Crippen LogP contribution in [-0.4, -0.2) is 42.1 Å². The Kier molecular flexibility index (Phi) is 7.96. The summed E-state index contributed by atoms with van der Waals surface area (Å²) in [5, 5.41) is 19.7. The van der Waals surface area contributed by atoms with Gasteiger partial charge in [0.05, 0.1) is 12.2 Å². The van der Waals surface area contributed by atoms with Gasteiger partial charge in [0.2, 0.25) is 0 Å². The van der Waals surface area contributed by atoms with Crippen molar-refractivity contribution in [3.63, 3.8) is 0 Å². The minimum atomic E-state index is -0.959. The highest BCUT2D eigenvalue weighted by Gasteiger charge is 2.44. The molecule has 0 amide bonds. The summed E-state index contributed by atoms with van der Waals surface area (Å²) in [6.07, 6.45) is 9.49. The van der Waals surface area contributed by atoms with E-state index in [0.717, 1.165) is 44.1 Å². The fourth-order valence-electron chi connectivity index (χ4n) is 5.46. The van der Waals surface area contributed by atoms with Gasteiger partial charge in [-0.25, -0.2) is 4.79 Å². The number of aliphatic carboxylic acids is 1. The lowest BCUT2D eigenvalue weighted by Gasteiger charge is -2.32. The molecule has 0 unspecified atom stereocenters. The van der Waals surface area contributed by atoms with Crippen molar-refractivity contribution in [1.82, 2.24) is 0 Å². The lowest BCUT2D eigenvalue weighted by atomic mass is 9.73. The first kappa shape index (κ1) is 22.1. The molecule has 29 heavy (non-hydrogen) atoms. The average Bonchev–Trinajstić information content (AvgIpc) is 3.01. The molecular weight excluding hydrogens is 368 g/mol. The number of carboxylic acid groups (broad SMARTS) is 1. The Morgan fingerprint density at radius 3 is 2.79 bits per heavy atom. The lowest BCUT2D eigenvalue weighted by molar-refractivity contribution is -0.139. The zero-order chi connectivity index (χ0) is 20.8. The van der Waals surface area contributed by atoms with E-state index in [9.17, 15) is 9.90 Å². The largest absolute Gasteiger partial charge is 0.482 e. The van der Waals surface area contributed by atoms with Gasteiger partial charge >= 0.3 is 5.97 Å². The van der Waals surface area contributed by atoms with Crippen molar-refractivity contribution in [2.24, 2.45) is 17.8 Å². The number of unbranched alkanes of at least 4 members (excludes halogenated alkanes) is 2. The van der Waals surface area contributed by atoms with Gasteiger partial charge in [0.15, 0.2) is 6.61 Å². The van der Waals surface area contributed by atoms with Crippen LogP contribution in [0.4, 0.5) is 0 Å². The number of carboxylic acids is 1. The minimum Gasteiger partial charge on any atom is -0.482 e. The SMILES string of the molecule is CCCCC[C@@H](CC[C@@H]1[C@H]2Cc3cccc(OCC(=O)O)c3C[C@H]2C[C@H]1O)OC. The second-order valence-electron chi connectivity index (χ2n) is 8.81. The van der Waals surface area contributed by atoms with Gasteiger partial charge in [0.25, 0.3) is 0 Å². The van der Waals surface area contributed by atoms with Crippen LogP contribution in [0.5, 0.6) is 5.75 Å². The molecule has 0 saturated heterocycles. The molecule has 162 valence electrons. The number of ether oxygens (including phenoxy) is 2. The Morgan fingerprint density at radius 1 is 1.24 bits per heavy atom. The number of methoxy groups -OCH3 is 1. The monoisotopic (exact) mass is 404 g/mol. The fourth-order valence-corrected chi connectivity index (χ4v) is 5.46. The van der Waals surface area contributed by atoms with E-state index in [1.54, 1.807) is 7.11 Å². The van der Waals surface area contributed by atoms with E-state index in [0.29, 0.717) is 29.6 Å². The molecule has 2 aliphatic rings. The third kappa shape index (κ3) is 5.52. The van der Waals surface area contributed by atoms with Crippen LogP contribution in [0, 0.1) is 17.8 Å². The second-order valence-corrected chi connectivity index (χ2v) is 8.81. The molecule has 5 atom stereocenters. The average molecular weight is 405 g/mol. The van der Waals surface area contributed by atoms with E-state index in [-0.39, 0.29) is 12.7 Å². The zero-order valence-electron chi connectivity index (χ0n) is 17.8. The van der Waals surface area contributed by atoms with Crippen LogP contribution in [0.1, 0.15) is 63.0 Å². The van der Waals surface area contributed by atoms with Crippen LogP contribution in [0.15, 0.2) is 18.2 Å². The minimum absolute atomic E-state index is 0.254. The van der Waals surface area contributed by atoms with E-state index in [2.05, 4.69) is 13.0 Å². The van der Waals surface area contributed by atoms with Gasteiger partial charge in [-0.3, -0.25) is 0 Å². The first-order valence-corrected chi connectivity index (χ1v) is 11.2. The maximum Gasteiger partial charge on any atom is 0.341 e. The maximum atomic E-state index is 10.9. The van der Waals surface area contributed by atoms with Crippen molar-refractivity contribution in [2.75, 3.05) is 13.7 Å². The van der Waals surface area contributed by atoms with Gasteiger partial charge < -0.3 is 19.7 Å². The number of hydrogen-bond acceptors (Lipinski definition) is 4. The Hall–Kier alpha value is -1.59. The standard InChI is InChI=1S/C24H36O5/c1-3-4-5-8-18(28-2)10-11-19-20-12-16-7-6-9-23(29-15-24(26)27)21(16)13-17(20)14-22(19)25/h6-7,9,17-20,22,25H,3-5,8,10-15H2,1-2H3,(H,26,27)/t17-,18-,19+,20-,22+/m0/s1. The Morgan fingerprint density at radius 2 is 2.07 bits per heavy atom. The van der Waals surface area contributed by atoms with Crippen LogP contribution >= 0.6 is 0 Å². The maximum absolute atomic E-state index is 10.9. The molecule has 1 saturated carbocycles. The van der Waals surface area contributed by atoms with Crippen molar-refractivity contribution in [2.45, 2.75) is 76.9 Å². The molecule has 0 heterocycles. The third-order valence-electron chi connectivity index (χ3n) is 6.98. The van der Waals surface area contributed by atoms with E-state index in [1.807, 2.05) is 12.1 Å².